The van der Waals surface area contributed by atoms with Crippen LogP contribution in [0.2, 0.25) is 0 Å². The fourth-order valence-electron chi connectivity index (χ4n) is 2.46. The normalized spacial score (nSPS) is 10.9. The fourth-order valence-corrected chi connectivity index (χ4v) is 4.82. The van der Waals surface area contributed by atoms with Gasteiger partial charge in [-0.15, -0.1) is 11.3 Å². The molecule has 0 spiro atoms. The van der Waals surface area contributed by atoms with E-state index in [1.165, 1.54) is 29.7 Å². The third kappa shape index (κ3) is 6.23. The first kappa shape index (κ1) is 23.1. The molecule has 3 aromatic rings. The van der Waals surface area contributed by atoms with Crippen LogP contribution in [0.3, 0.4) is 0 Å². The monoisotopic (exact) mass is 540 g/mol. The Morgan fingerprint density at radius 1 is 1.23 bits per heavy atom. The maximum Gasteiger partial charge on any atom is 0.263 e. The highest BCUT2D eigenvalue weighted by molar-refractivity contribution is 9.10. The Morgan fingerprint density at radius 2 is 1.97 bits per heavy atom. The number of carbonyl (C=O) groups is 1. The first-order chi connectivity index (χ1) is 14.8. The number of rotatable bonds is 7. The second kappa shape index (κ2) is 10.2. The lowest BCUT2D eigenvalue weighted by atomic mass is 10.2. The van der Waals surface area contributed by atoms with Gasteiger partial charge in [0, 0.05) is 21.7 Å². The minimum atomic E-state index is -3.75. The molecule has 0 unspecified atom stereocenters. The molecule has 31 heavy (non-hydrogen) atoms. The van der Waals surface area contributed by atoms with Crippen molar-refractivity contribution in [1.82, 2.24) is 10.3 Å². The molecule has 0 aliphatic heterocycles. The number of thiazole rings is 1. The van der Waals surface area contributed by atoms with Crippen molar-refractivity contribution in [2.45, 2.75) is 11.8 Å². The number of hydrogen-bond donors (Lipinski definition) is 3. The summed E-state index contributed by atoms with van der Waals surface area (Å²) in [4.78, 5) is 16.6. The number of sulfonamides is 1. The van der Waals surface area contributed by atoms with Gasteiger partial charge in [0.2, 0.25) is 0 Å². The predicted octanol–water partition coefficient (Wildman–Crippen LogP) is 4.23. The van der Waals surface area contributed by atoms with E-state index in [2.05, 4.69) is 36.3 Å². The van der Waals surface area contributed by atoms with Crippen LogP contribution >= 0.6 is 39.5 Å². The molecule has 2 aromatic carbocycles. The van der Waals surface area contributed by atoms with Crippen molar-refractivity contribution in [3.63, 3.8) is 0 Å². The SMILES string of the molecule is CCOc1ccc(Br)cc1C(=O)NC(=S)Nc1ccc(S(=O)(=O)Nc2nccs2)cc1. The van der Waals surface area contributed by atoms with E-state index < -0.39 is 15.9 Å². The zero-order chi connectivity index (χ0) is 22.4. The van der Waals surface area contributed by atoms with Gasteiger partial charge in [-0.3, -0.25) is 14.8 Å². The zero-order valence-corrected chi connectivity index (χ0v) is 20.1. The number of aromatic nitrogens is 1. The molecule has 1 heterocycles. The van der Waals surface area contributed by atoms with Crippen LogP contribution in [0.15, 0.2) is 63.4 Å². The number of benzene rings is 2. The van der Waals surface area contributed by atoms with Crippen LogP contribution in [0, 0.1) is 0 Å². The molecule has 1 amide bonds. The highest BCUT2D eigenvalue weighted by atomic mass is 79.9. The van der Waals surface area contributed by atoms with Crippen LogP contribution in [0.1, 0.15) is 17.3 Å². The molecule has 0 bridgehead atoms. The number of nitrogens with zero attached hydrogens (tertiary/aromatic N) is 1. The van der Waals surface area contributed by atoms with Gasteiger partial charge in [0.1, 0.15) is 5.75 Å². The van der Waals surface area contributed by atoms with Gasteiger partial charge in [0.05, 0.1) is 17.1 Å². The summed E-state index contributed by atoms with van der Waals surface area (Å²) in [5.74, 6) is 0.00221. The topological polar surface area (TPSA) is 109 Å². The Labute approximate surface area is 197 Å². The number of ether oxygens (including phenoxy) is 1. The van der Waals surface area contributed by atoms with E-state index in [0.717, 1.165) is 4.47 Å². The van der Waals surface area contributed by atoms with Gasteiger partial charge >= 0.3 is 0 Å². The van der Waals surface area contributed by atoms with Crippen molar-refractivity contribution in [3.8, 4) is 5.75 Å². The van der Waals surface area contributed by atoms with Crippen LogP contribution < -0.4 is 20.1 Å². The number of anilines is 2. The summed E-state index contributed by atoms with van der Waals surface area (Å²) in [6.45, 7) is 2.24. The minimum absolute atomic E-state index is 0.0592. The lowest BCUT2D eigenvalue weighted by Gasteiger charge is -2.13. The number of carbonyl (C=O) groups excluding carboxylic acids is 1. The van der Waals surface area contributed by atoms with Crippen molar-refractivity contribution < 1.29 is 17.9 Å². The Morgan fingerprint density at radius 3 is 2.61 bits per heavy atom. The Balaban J connectivity index is 1.65. The summed E-state index contributed by atoms with van der Waals surface area (Å²) >= 11 is 9.72. The zero-order valence-electron chi connectivity index (χ0n) is 16.1. The van der Waals surface area contributed by atoms with Crippen molar-refractivity contribution in [1.29, 1.82) is 0 Å². The van der Waals surface area contributed by atoms with E-state index in [9.17, 15) is 13.2 Å². The summed E-state index contributed by atoms with van der Waals surface area (Å²) in [5, 5.41) is 7.46. The highest BCUT2D eigenvalue weighted by Crippen LogP contribution is 2.23. The van der Waals surface area contributed by atoms with E-state index in [1.807, 2.05) is 6.92 Å². The van der Waals surface area contributed by atoms with E-state index in [1.54, 1.807) is 35.7 Å². The second-order valence-electron chi connectivity index (χ2n) is 5.95. The predicted molar refractivity (Wildman–Crippen MR) is 128 cm³/mol. The molecule has 12 heteroatoms. The van der Waals surface area contributed by atoms with Gasteiger partial charge in [0.25, 0.3) is 15.9 Å². The van der Waals surface area contributed by atoms with Gasteiger partial charge in [-0.2, -0.15) is 0 Å². The maximum absolute atomic E-state index is 12.6. The molecule has 0 aliphatic rings. The van der Waals surface area contributed by atoms with E-state index >= 15 is 0 Å². The lowest BCUT2D eigenvalue weighted by molar-refractivity contribution is 0.0974. The Bertz CT molecular complexity index is 1180. The third-order valence-corrected chi connectivity index (χ3v) is 6.66. The first-order valence-corrected chi connectivity index (χ1v) is 12.4. The molecule has 162 valence electrons. The second-order valence-corrected chi connectivity index (χ2v) is 9.85. The van der Waals surface area contributed by atoms with Crippen molar-refractivity contribution in [3.05, 3.63) is 64.1 Å². The van der Waals surface area contributed by atoms with Crippen LogP contribution in [-0.4, -0.2) is 31.0 Å². The molecule has 0 saturated heterocycles. The van der Waals surface area contributed by atoms with Gasteiger partial charge in [-0.25, -0.2) is 13.4 Å². The maximum atomic E-state index is 12.6. The van der Waals surface area contributed by atoms with Gasteiger partial charge in [-0.1, -0.05) is 15.9 Å². The van der Waals surface area contributed by atoms with Crippen LogP contribution in [0.25, 0.3) is 0 Å². The Kier molecular flexibility index (Phi) is 7.59. The molecule has 0 saturated carbocycles. The van der Waals surface area contributed by atoms with Crippen LogP contribution in [0.4, 0.5) is 10.8 Å². The summed E-state index contributed by atoms with van der Waals surface area (Å²) in [5.41, 5.74) is 0.841. The molecule has 0 aliphatic carbocycles. The third-order valence-electron chi connectivity index (χ3n) is 3.79. The largest absolute Gasteiger partial charge is 0.493 e. The van der Waals surface area contributed by atoms with Crippen LogP contribution in [0.5, 0.6) is 5.75 Å². The van der Waals surface area contributed by atoms with E-state index in [0.29, 0.717) is 23.6 Å². The molecule has 3 rings (SSSR count). The molecule has 3 N–H and O–H groups in total. The molecular formula is C19H17BrN4O4S3. The first-order valence-electron chi connectivity index (χ1n) is 8.85. The van der Waals surface area contributed by atoms with E-state index in [-0.39, 0.29) is 15.1 Å². The highest BCUT2D eigenvalue weighted by Gasteiger charge is 2.17. The number of thiocarbonyl (C=S) groups is 1. The molecule has 1 aromatic heterocycles. The van der Waals surface area contributed by atoms with Crippen molar-refractivity contribution >= 4 is 71.3 Å². The quantitative estimate of drug-likeness (QED) is 0.384. The van der Waals surface area contributed by atoms with Gasteiger partial charge < -0.3 is 10.1 Å². The average Bonchev–Trinajstić information content (AvgIpc) is 3.22. The fraction of sp³-hybridized carbons (Fsp3) is 0.105. The summed E-state index contributed by atoms with van der Waals surface area (Å²) in [7, 11) is -3.75. The van der Waals surface area contributed by atoms with Gasteiger partial charge in [0.15, 0.2) is 10.2 Å². The molecule has 0 fully saturated rings. The molecule has 0 radical (unpaired) electrons. The molecular weight excluding hydrogens is 524 g/mol. The van der Waals surface area contributed by atoms with Gasteiger partial charge in [-0.05, 0) is 61.6 Å². The average molecular weight is 541 g/mol. The Hall–Kier alpha value is -2.54. The minimum Gasteiger partial charge on any atom is -0.493 e. The number of hydrogen-bond acceptors (Lipinski definition) is 7. The number of amides is 1. The summed E-state index contributed by atoms with van der Waals surface area (Å²) in [6, 6.07) is 11.0. The van der Waals surface area contributed by atoms with Crippen molar-refractivity contribution in [2.24, 2.45) is 0 Å². The number of halogens is 1. The van der Waals surface area contributed by atoms with Crippen molar-refractivity contribution in [2.75, 3.05) is 16.6 Å². The summed E-state index contributed by atoms with van der Waals surface area (Å²) in [6.07, 6.45) is 1.51. The number of nitrogens with one attached hydrogen (secondary N) is 3. The molecule has 0 atom stereocenters. The smallest absolute Gasteiger partial charge is 0.263 e. The standard InChI is InChI=1S/C19H17BrN4O4S3/c1-2-28-16-8-3-12(20)11-15(16)17(25)23-18(29)22-13-4-6-14(7-5-13)31(26,27)24-19-21-9-10-30-19/h3-11H,2H2,1H3,(H,21,24)(H2,22,23,25,29). The summed E-state index contributed by atoms with van der Waals surface area (Å²) < 4.78 is 33.4. The van der Waals surface area contributed by atoms with Crippen LogP contribution in [-0.2, 0) is 10.0 Å². The molecule has 8 nitrogen and oxygen atoms in total. The lowest BCUT2D eigenvalue weighted by Crippen LogP contribution is -2.34. The van der Waals surface area contributed by atoms with E-state index in [4.69, 9.17) is 17.0 Å².